The molecular formula is C7H5N3O6. The highest BCUT2D eigenvalue weighted by Crippen LogP contribution is 2.35. The van der Waals surface area contributed by atoms with E-state index < -0.39 is 38.4 Å². The van der Waals surface area contributed by atoms with Crippen LogP contribution in [-0.4, -0.2) is 20.9 Å². The van der Waals surface area contributed by atoms with E-state index in [1.807, 2.05) is 0 Å². The van der Waals surface area contributed by atoms with Crippen molar-refractivity contribution in [1.82, 2.24) is 0 Å². The fraction of sp³-hybridized carbons (Fsp3) is 0. The van der Waals surface area contributed by atoms with Crippen molar-refractivity contribution in [3.63, 3.8) is 0 Å². The summed E-state index contributed by atoms with van der Waals surface area (Å²) in [6.07, 6.45) is 0. The molecule has 1 rings (SSSR count). The molecule has 0 heterocycles. The molecule has 0 atom stereocenters. The summed E-state index contributed by atoms with van der Waals surface area (Å²) in [5.74, 6) is -1.63. The third kappa shape index (κ3) is 1.73. The number of benzene rings is 1. The number of nitro groups is 2. The summed E-state index contributed by atoms with van der Waals surface area (Å²) in [5, 5.41) is 29.8. The van der Waals surface area contributed by atoms with Crippen molar-refractivity contribution in [2.24, 2.45) is 0 Å². The van der Waals surface area contributed by atoms with Crippen molar-refractivity contribution < 1.29 is 19.7 Å². The lowest BCUT2D eigenvalue weighted by molar-refractivity contribution is -0.422. The molecule has 0 unspecified atom stereocenters. The monoisotopic (exact) mass is 227 g/mol. The van der Waals surface area contributed by atoms with E-state index in [4.69, 9.17) is 10.8 Å². The van der Waals surface area contributed by atoms with Crippen molar-refractivity contribution in [3.05, 3.63) is 37.9 Å². The van der Waals surface area contributed by atoms with E-state index in [0.717, 1.165) is 12.1 Å². The number of nitro benzene ring substituents is 2. The van der Waals surface area contributed by atoms with E-state index in [9.17, 15) is 25.0 Å². The van der Waals surface area contributed by atoms with E-state index in [1.165, 1.54) is 0 Å². The Morgan fingerprint density at radius 1 is 1.19 bits per heavy atom. The highest BCUT2D eigenvalue weighted by Gasteiger charge is 2.34. The minimum Gasteiger partial charge on any atom is -0.477 e. The molecule has 0 bridgehead atoms. The first-order valence-corrected chi connectivity index (χ1v) is 3.80. The third-order valence-electron chi connectivity index (χ3n) is 1.78. The maximum absolute atomic E-state index is 10.6. The zero-order valence-corrected chi connectivity index (χ0v) is 7.61. The van der Waals surface area contributed by atoms with Gasteiger partial charge in [-0.1, -0.05) is 0 Å². The van der Waals surface area contributed by atoms with Gasteiger partial charge in [0, 0.05) is 0 Å². The number of carboxylic acids is 1. The molecule has 0 saturated heterocycles. The normalized spacial score (nSPS) is 9.75. The highest BCUT2D eigenvalue weighted by molar-refractivity contribution is 5.96. The number of anilines is 1. The SMILES string of the molecule is Nc1ccc(C(=O)O)c([N+](=O)[O-])c1[N+](=O)[O-]. The average Bonchev–Trinajstić information content (AvgIpc) is 2.15. The van der Waals surface area contributed by atoms with E-state index in [1.54, 1.807) is 0 Å². The number of nitrogen functional groups attached to an aromatic ring is 1. The standard InChI is InChI=1S/C7H5N3O6/c8-4-2-1-3(7(11)12)5(9(13)14)6(4)10(15)16/h1-2H,8H2,(H,11,12). The molecule has 0 aliphatic heterocycles. The number of nitrogens with two attached hydrogens (primary N) is 1. The maximum atomic E-state index is 10.6. The largest absolute Gasteiger partial charge is 0.477 e. The Morgan fingerprint density at radius 2 is 1.69 bits per heavy atom. The molecule has 16 heavy (non-hydrogen) atoms. The van der Waals surface area contributed by atoms with E-state index in [2.05, 4.69) is 0 Å². The summed E-state index contributed by atoms with van der Waals surface area (Å²) in [6.45, 7) is 0. The van der Waals surface area contributed by atoms with Gasteiger partial charge in [0.25, 0.3) is 0 Å². The number of carbonyl (C=O) groups is 1. The number of hydrogen-bond donors (Lipinski definition) is 2. The van der Waals surface area contributed by atoms with Crippen LogP contribution < -0.4 is 5.73 Å². The minimum absolute atomic E-state index is 0.457. The first kappa shape index (κ1) is 11.4. The van der Waals surface area contributed by atoms with E-state index in [-0.39, 0.29) is 0 Å². The van der Waals surface area contributed by atoms with Crippen molar-refractivity contribution in [2.75, 3.05) is 5.73 Å². The van der Waals surface area contributed by atoms with Gasteiger partial charge in [0.15, 0.2) is 0 Å². The predicted octanol–water partition coefficient (Wildman–Crippen LogP) is 0.783. The van der Waals surface area contributed by atoms with Gasteiger partial charge in [-0.2, -0.15) is 0 Å². The molecule has 0 spiro atoms. The number of aromatic carboxylic acids is 1. The van der Waals surface area contributed by atoms with E-state index in [0.29, 0.717) is 0 Å². The molecule has 0 aliphatic rings. The number of rotatable bonds is 3. The van der Waals surface area contributed by atoms with Crippen molar-refractivity contribution in [2.45, 2.75) is 0 Å². The number of carboxylic acid groups (broad SMARTS) is 1. The Balaban J connectivity index is 3.70. The van der Waals surface area contributed by atoms with Crippen molar-refractivity contribution >= 4 is 23.0 Å². The molecule has 1 aromatic carbocycles. The van der Waals surface area contributed by atoms with Crippen LogP contribution in [0.2, 0.25) is 0 Å². The summed E-state index contributed by atoms with van der Waals surface area (Å²) in [4.78, 5) is 29.6. The Morgan fingerprint density at radius 3 is 2.06 bits per heavy atom. The second-order valence-electron chi connectivity index (χ2n) is 2.72. The Hall–Kier alpha value is -2.71. The molecular weight excluding hydrogens is 222 g/mol. The summed E-state index contributed by atoms with van der Waals surface area (Å²) < 4.78 is 0. The lowest BCUT2D eigenvalue weighted by Gasteiger charge is -2.01. The topological polar surface area (TPSA) is 150 Å². The fourth-order valence-electron chi connectivity index (χ4n) is 1.14. The van der Waals surface area contributed by atoms with Crippen LogP contribution in [-0.2, 0) is 0 Å². The third-order valence-corrected chi connectivity index (χ3v) is 1.78. The van der Waals surface area contributed by atoms with Gasteiger partial charge in [0.2, 0.25) is 0 Å². The smallest absolute Gasteiger partial charge is 0.369 e. The zero-order valence-electron chi connectivity index (χ0n) is 7.61. The van der Waals surface area contributed by atoms with Gasteiger partial charge in [-0.25, -0.2) is 4.79 Å². The lowest BCUT2D eigenvalue weighted by atomic mass is 10.1. The highest BCUT2D eigenvalue weighted by atomic mass is 16.6. The number of nitrogens with zero attached hydrogens (tertiary/aromatic N) is 2. The predicted molar refractivity (Wildman–Crippen MR) is 51.1 cm³/mol. The van der Waals surface area contributed by atoms with Crippen LogP contribution in [0.1, 0.15) is 10.4 Å². The molecule has 0 fully saturated rings. The first-order valence-electron chi connectivity index (χ1n) is 3.80. The molecule has 1 aromatic rings. The molecule has 0 saturated carbocycles. The van der Waals surface area contributed by atoms with Gasteiger partial charge < -0.3 is 10.8 Å². The van der Waals surface area contributed by atoms with Crippen molar-refractivity contribution in [1.29, 1.82) is 0 Å². The molecule has 0 aromatic heterocycles. The molecule has 0 aliphatic carbocycles. The van der Waals surface area contributed by atoms with Gasteiger partial charge in [-0.3, -0.25) is 20.2 Å². The maximum Gasteiger partial charge on any atom is 0.369 e. The molecule has 3 N–H and O–H groups in total. The molecule has 9 heteroatoms. The van der Waals surface area contributed by atoms with Crippen LogP contribution in [0.3, 0.4) is 0 Å². The molecule has 9 nitrogen and oxygen atoms in total. The van der Waals surface area contributed by atoms with Gasteiger partial charge in [0.1, 0.15) is 11.3 Å². The van der Waals surface area contributed by atoms with Crippen LogP contribution in [0, 0.1) is 20.2 Å². The van der Waals surface area contributed by atoms with Crippen LogP contribution in [0.5, 0.6) is 0 Å². The summed E-state index contributed by atoms with van der Waals surface area (Å²) >= 11 is 0. The second-order valence-corrected chi connectivity index (χ2v) is 2.72. The van der Waals surface area contributed by atoms with Crippen LogP contribution >= 0.6 is 0 Å². The first-order chi connectivity index (χ1) is 7.36. The Kier molecular flexibility index (Phi) is 2.70. The van der Waals surface area contributed by atoms with Crippen LogP contribution in [0.25, 0.3) is 0 Å². The minimum atomic E-state index is -1.63. The van der Waals surface area contributed by atoms with Gasteiger partial charge in [0.05, 0.1) is 9.85 Å². The zero-order chi connectivity index (χ0) is 12.5. The fourth-order valence-corrected chi connectivity index (χ4v) is 1.14. The van der Waals surface area contributed by atoms with Crippen LogP contribution in [0.4, 0.5) is 17.1 Å². The summed E-state index contributed by atoms with van der Waals surface area (Å²) in [5.41, 5.74) is 1.84. The quantitative estimate of drug-likeness (QED) is 0.439. The van der Waals surface area contributed by atoms with Gasteiger partial charge >= 0.3 is 17.3 Å². The van der Waals surface area contributed by atoms with Gasteiger partial charge in [-0.15, -0.1) is 0 Å². The van der Waals surface area contributed by atoms with E-state index >= 15 is 0 Å². The summed E-state index contributed by atoms with van der Waals surface area (Å²) in [6, 6.07) is 1.79. The second kappa shape index (κ2) is 3.81. The molecule has 84 valence electrons. The molecule has 0 amide bonds. The Bertz CT molecular complexity index is 497. The molecule has 0 radical (unpaired) electrons. The average molecular weight is 227 g/mol. The summed E-state index contributed by atoms with van der Waals surface area (Å²) in [7, 11) is 0. The van der Waals surface area contributed by atoms with Crippen LogP contribution in [0.15, 0.2) is 12.1 Å². The van der Waals surface area contributed by atoms with Crippen molar-refractivity contribution in [3.8, 4) is 0 Å². The Labute approximate surface area is 87.4 Å². The number of hydrogen-bond acceptors (Lipinski definition) is 6. The van der Waals surface area contributed by atoms with Gasteiger partial charge in [-0.05, 0) is 12.1 Å². The lowest BCUT2D eigenvalue weighted by Crippen LogP contribution is -2.07.